The number of piperidine rings is 1. The molecule has 0 unspecified atom stereocenters. The van der Waals surface area contributed by atoms with Crippen molar-refractivity contribution in [3.8, 4) is 5.75 Å². The Morgan fingerprint density at radius 3 is 2.73 bits per heavy atom. The van der Waals surface area contributed by atoms with Crippen molar-refractivity contribution in [2.75, 3.05) is 46.5 Å². The first-order chi connectivity index (χ1) is 14.2. The molecule has 0 aromatic heterocycles. The first kappa shape index (κ1) is 24.5. The van der Waals surface area contributed by atoms with Crippen LogP contribution >= 0.6 is 0 Å². The molecule has 0 bridgehead atoms. The molecule has 1 N–H and O–H groups in total. The second-order valence-corrected chi connectivity index (χ2v) is 8.39. The van der Waals surface area contributed by atoms with Gasteiger partial charge in [-0.2, -0.15) is 13.2 Å². The van der Waals surface area contributed by atoms with Gasteiger partial charge in [0.1, 0.15) is 5.75 Å². The summed E-state index contributed by atoms with van der Waals surface area (Å²) in [5.41, 5.74) is -0.724. The van der Waals surface area contributed by atoms with E-state index in [9.17, 15) is 18.0 Å². The molecule has 1 fully saturated rings. The van der Waals surface area contributed by atoms with Gasteiger partial charge in [0.25, 0.3) is 0 Å². The van der Waals surface area contributed by atoms with E-state index in [0.717, 1.165) is 31.6 Å². The highest BCUT2D eigenvalue weighted by atomic mass is 19.4. The fourth-order valence-electron chi connectivity index (χ4n) is 3.83. The van der Waals surface area contributed by atoms with E-state index < -0.39 is 11.7 Å². The van der Waals surface area contributed by atoms with Crippen LogP contribution in [0.3, 0.4) is 0 Å². The summed E-state index contributed by atoms with van der Waals surface area (Å²) in [5.74, 6) is 0.588. The Labute approximate surface area is 176 Å². The Bertz CT molecular complexity index is 667. The Kier molecular flexibility index (Phi) is 9.42. The summed E-state index contributed by atoms with van der Waals surface area (Å²) in [6.45, 7) is 8.03. The average molecular weight is 431 g/mol. The largest absolute Gasteiger partial charge is 0.493 e. The zero-order valence-corrected chi connectivity index (χ0v) is 18.0. The number of likely N-dealkylation sites (tertiary alicyclic amines) is 1. The quantitative estimate of drug-likeness (QED) is 0.573. The van der Waals surface area contributed by atoms with Crippen molar-refractivity contribution in [3.63, 3.8) is 0 Å². The molecule has 1 aromatic carbocycles. The van der Waals surface area contributed by atoms with Gasteiger partial charge in [-0.25, -0.2) is 0 Å². The SMILES string of the molecule is COCCCNC(=O)[C@@H]1C[C@H](COc2cccc(C(F)(F)F)c2)CN(CC(C)C)C1. The highest BCUT2D eigenvalue weighted by Crippen LogP contribution is 2.32. The van der Waals surface area contributed by atoms with Crippen LogP contribution in [-0.4, -0.2) is 57.3 Å². The van der Waals surface area contributed by atoms with Crippen LogP contribution in [0, 0.1) is 17.8 Å². The van der Waals surface area contributed by atoms with Gasteiger partial charge in [-0.15, -0.1) is 0 Å². The van der Waals surface area contributed by atoms with Gasteiger partial charge in [0.2, 0.25) is 5.91 Å². The van der Waals surface area contributed by atoms with Crippen molar-refractivity contribution in [2.24, 2.45) is 17.8 Å². The van der Waals surface area contributed by atoms with Crippen molar-refractivity contribution in [1.82, 2.24) is 10.2 Å². The molecule has 1 heterocycles. The Balaban J connectivity index is 1.97. The second-order valence-electron chi connectivity index (χ2n) is 8.39. The minimum Gasteiger partial charge on any atom is -0.493 e. The third kappa shape index (κ3) is 8.14. The van der Waals surface area contributed by atoms with E-state index in [0.29, 0.717) is 32.0 Å². The summed E-state index contributed by atoms with van der Waals surface area (Å²) in [4.78, 5) is 14.9. The normalized spacial score (nSPS) is 20.4. The number of halogens is 3. The highest BCUT2D eigenvalue weighted by molar-refractivity contribution is 5.79. The first-order valence-electron chi connectivity index (χ1n) is 10.5. The minimum atomic E-state index is -4.40. The molecule has 1 aliphatic rings. The van der Waals surface area contributed by atoms with E-state index in [1.54, 1.807) is 7.11 Å². The van der Waals surface area contributed by atoms with Crippen molar-refractivity contribution >= 4 is 5.91 Å². The Morgan fingerprint density at radius 1 is 1.30 bits per heavy atom. The zero-order chi connectivity index (χ0) is 22.1. The molecule has 1 aliphatic heterocycles. The standard InChI is InChI=1S/C22H33F3N2O3/c1-16(2)12-27-13-17(10-18(14-27)21(28)26-8-5-9-29-3)15-30-20-7-4-6-19(11-20)22(23,24)25/h4,6-7,11,16-18H,5,8-10,12-15H2,1-3H3,(H,26,28)/t17-,18+/m0/s1. The summed E-state index contributed by atoms with van der Waals surface area (Å²) >= 11 is 0. The lowest BCUT2D eigenvalue weighted by atomic mass is 9.88. The molecule has 170 valence electrons. The van der Waals surface area contributed by atoms with Crippen molar-refractivity contribution in [1.29, 1.82) is 0 Å². The summed E-state index contributed by atoms with van der Waals surface area (Å²) < 4.78 is 49.4. The van der Waals surface area contributed by atoms with Gasteiger partial charge in [-0.05, 0) is 37.0 Å². The molecule has 2 rings (SSSR count). The molecule has 0 spiro atoms. The van der Waals surface area contributed by atoms with E-state index in [-0.39, 0.29) is 30.1 Å². The molecule has 30 heavy (non-hydrogen) atoms. The van der Waals surface area contributed by atoms with Crippen LogP contribution in [0.2, 0.25) is 0 Å². The first-order valence-corrected chi connectivity index (χ1v) is 10.5. The van der Waals surface area contributed by atoms with Gasteiger partial charge in [-0.3, -0.25) is 4.79 Å². The molecule has 8 heteroatoms. The molecule has 2 atom stereocenters. The summed E-state index contributed by atoms with van der Waals surface area (Å²) in [5, 5.41) is 2.97. The smallest absolute Gasteiger partial charge is 0.416 e. The lowest BCUT2D eigenvalue weighted by molar-refractivity contribution is -0.137. The Hall–Kier alpha value is -1.80. The lowest BCUT2D eigenvalue weighted by Gasteiger charge is -2.38. The number of nitrogens with zero attached hydrogens (tertiary/aromatic N) is 1. The topological polar surface area (TPSA) is 50.8 Å². The van der Waals surface area contributed by atoms with E-state index in [1.165, 1.54) is 12.1 Å². The fraction of sp³-hybridized carbons (Fsp3) is 0.682. The van der Waals surface area contributed by atoms with Crippen LogP contribution in [-0.2, 0) is 15.7 Å². The highest BCUT2D eigenvalue weighted by Gasteiger charge is 2.33. The maximum atomic E-state index is 12.9. The van der Waals surface area contributed by atoms with Crippen LogP contribution < -0.4 is 10.1 Å². The number of rotatable bonds is 10. The zero-order valence-electron chi connectivity index (χ0n) is 18.0. The number of nitrogens with one attached hydrogen (secondary N) is 1. The van der Waals surface area contributed by atoms with Gasteiger partial charge < -0.3 is 19.7 Å². The minimum absolute atomic E-state index is 0.0172. The van der Waals surface area contributed by atoms with Gasteiger partial charge in [0, 0.05) is 45.8 Å². The molecule has 0 radical (unpaired) electrons. The van der Waals surface area contributed by atoms with Gasteiger partial charge in [0.05, 0.1) is 18.1 Å². The maximum Gasteiger partial charge on any atom is 0.416 e. The number of ether oxygens (including phenoxy) is 2. The van der Waals surface area contributed by atoms with E-state index in [2.05, 4.69) is 24.1 Å². The van der Waals surface area contributed by atoms with Crippen molar-refractivity contribution in [2.45, 2.75) is 32.9 Å². The van der Waals surface area contributed by atoms with Crippen LogP contribution in [0.4, 0.5) is 13.2 Å². The Morgan fingerprint density at radius 2 is 2.07 bits per heavy atom. The van der Waals surface area contributed by atoms with Gasteiger partial charge in [-0.1, -0.05) is 19.9 Å². The van der Waals surface area contributed by atoms with E-state index in [4.69, 9.17) is 9.47 Å². The van der Waals surface area contributed by atoms with Crippen molar-refractivity contribution in [3.05, 3.63) is 29.8 Å². The van der Waals surface area contributed by atoms with E-state index >= 15 is 0 Å². The average Bonchev–Trinajstić information content (AvgIpc) is 2.68. The predicted molar refractivity (Wildman–Crippen MR) is 109 cm³/mol. The number of hydrogen-bond acceptors (Lipinski definition) is 4. The number of alkyl halides is 3. The third-order valence-corrected chi connectivity index (χ3v) is 5.08. The van der Waals surface area contributed by atoms with Gasteiger partial charge in [0.15, 0.2) is 0 Å². The van der Waals surface area contributed by atoms with Crippen LogP contribution in [0.15, 0.2) is 24.3 Å². The number of amides is 1. The van der Waals surface area contributed by atoms with Crippen LogP contribution in [0.25, 0.3) is 0 Å². The molecule has 0 saturated carbocycles. The molecule has 1 aromatic rings. The van der Waals surface area contributed by atoms with E-state index in [1.807, 2.05) is 0 Å². The van der Waals surface area contributed by atoms with Crippen molar-refractivity contribution < 1.29 is 27.4 Å². The van der Waals surface area contributed by atoms with Crippen LogP contribution in [0.1, 0.15) is 32.3 Å². The molecule has 1 saturated heterocycles. The number of methoxy groups -OCH3 is 1. The van der Waals surface area contributed by atoms with Gasteiger partial charge >= 0.3 is 6.18 Å². The molecule has 0 aliphatic carbocycles. The predicted octanol–water partition coefficient (Wildman–Crippen LogP) is 3.83. The molecule has 1 amide bonds. The molecule has 5 nitrogen and oxygen atoms in total. The molecular formula is C22H33F3N2O3. The second kappa shape index (κ2) is 11.6. The number of carbonyl (C=O) groups is 1. The summed E-state index contributed by atoms with van der Waals surface area (Å²) in [7, 11) is 1.63. The van der Waals surface area contributed by atoms with Crippen LogP contribution in [0.5, 0.6) is 5.75 Å². The number of hydrogen-bond donors (Lipinski definition) is 1. The number of carbonyl (C=O) groups excluding carboxylic acids is 1. The third-order valence-electron chi connectivity index (χ3n) is 5.08. The summed E-state index contributed by atoms with van der Waals surface area (Å²) in [6, 6.07) is 4.93. The fourth-order valence-corrected chi connectivity index (χ4v) is 3.83. The molecular weight excluding hydrogens is 397 g/mol. The monoisotopic (exact) mass is 430 g/mol. The lowest BCUT2D eigenvalue weighted by Crippen LogP contribution is -2.48. The maximum absolute atomic E-state index is 12.9. The summed E-state index contributed by atoms with van der Waals surface area (Å²) in [6.07, 6.45) is -2.99. The number of benzene rings is 1.